The van der Waals surface area contributed by atoms with E-state index in [4.69, 9.17) is 4.74 Å². The molecule has 27 heavy (non-hydrogen) atoms. The van der Waals surface area contributed by atoms with Crippen LogP contribution in [0.2, 0.25) is 0 Å². The van der Waals surface area contributed by atoms with Crippen LogP contribution in [0, 0.1) is 0 Å². The zero-order chi connectivity index (χ0) is 20.2. The van der Waals surface area contributed by atoms with Crippen LogP contribution < -0.4 is 9.46 Å². The fraction of sp³-hybridized carbons (Fsp3) is 0.632. The lowest BCUT2D eigenvalue weighted by Gasteiger charge is -2.39. The van der Waals surface area contributed by atoms with E-state index < -0.39 is 20.8 Å². The van der Waals surface area contributed by atoms with E-state index in [2.05, 4.69) is 16.5 Å². The number of carbonyl (C=O) groups is 1. The van der Waals surface area contributed by atoms with Crippen LogP contribution in [0.3, 0.4) is 0 Å². The molecule has 1 amide bonds. The van der Waals surface area contributed by atoms with Crippen LogP contribution in [-0.2, 0) is 10.0 Å². The number of benzene rings is 1. The van der Waals surface area contributed by atoms with Crippen molar-refractivity contribution < 1.29 is 17.9 Å². The summed E-state index contributed by atoms with van der Waals surface area (Å²) in [5.74, 6) is -0.344. The topological polar surface area (TPSA) is 79.0 Å². The summed E-state index contributed by atoms with van der Waals surface area (Å²) in [7, 11) is 0.948. The second kappa shape index (κ2) is 8.58. The van der Waals surface area contributed by atoms with Crippen molar-refractivity contribution >= 4 is 15.9 Å². The lowest BCUT2D eigenvalue weighted by molar-refractivity contribution is 0.0973. The highest BCUT2D eigenvalue weighted by atomic mass is 32.2. The van der Waals surface area contributed by atoms with E-state index in [1.54, 1.807) is 50.2 Å². The summed E-state index contributed by atoms with van der Waals surface area (Å²) in [6, 6.07) is 6.76. The fourth-order valence-electron chi connectivity index (χ4n) is 3.63. The smallest absolute Gasteiger partial charge is 0.268 e. The van der Waals surface area contributed by atoms with Crippen LogP contribution in [0.4, 0.5) is 0 Å². The van der Waals surface area contributed by atoms with E-state index in [1.807, 2.05) is 0 Å². The Kier molecular flexibility index (Phi) is 6.88. The largest absolute Gasteiger partial charge is 0.496 e. The summed E-state index contributed by atoms with van der Waals surface area (Å²) in [5, 5.41) is 0. The molecular formula is C19H31N3O4S. The Hall–Kier alpha value is -1.64. The number of amides is 1. The van der Waals surface area contributed by atoms with Gasteiger partial charge in [0.05, 0.1) is 12.7 Å². The molecule has 1 N–H and O–H groups in total. The fourth-order valence-corrected chi connectivity index (χ4v) is 5.10. The number of nitrogens with one attached hydrogen (secondary N) is 1. The monoisotopic (exact) mass is 397 g/mol. The normalized spacial score (nSPS) is 20.4. The molecule has 1 fully saturated rings. The first-order valence-electron chi connectivity index (χ1n) is 9.27. The van der Waals surface area contributed by atoms with Crippen molar-refractivity contribution in [2.45, 2.75) is 44.0 Å². The molecule has 0 aliphatic carbocycles. The van der Waals surface area contributed by atoms with Crippen molar-refractivity contribution in [2.75, 3.05) is 34.3 Å². The van der Waals surface area contributed by atoms with E-state index in [9.17, 15) is 13.2 Å². The lowest BCUT2D eigenvalue weighted by Crippen LogP contribution is -2.57. The molecule has 2 rings (SSSR count). The Balaban J connectivity index is 2.28. The van der Waals surface area contributed by atoms with Crippen LogP contribution in [0.5, 0.6) is 5.75 Å². The number of hydrogen-bond acceptors (Lipinski definition) is 6. The first-order valence-corrected chi connectivity index (χ1v) is 10.8. The summed E-state index contributed by atoms with van der Waals surface area (Å²) in [5.41, 5.74) is 0.195. The Morgan fingerprint density at radius 2 is 2.04 bits per heavy atom. The maximum Gasteiger partial charge on any atom is 0.268 e. The van der Waals surface area contributed by atoms with Crippen LogP contribution in [0.25, 0.3) is 0 Å². The van der Waals surface area contributed by atoms with Crippen molar-refractivity contribution in [3.8, 4) is 5.75 Å². The van der Waals surface area contributed by atoms with E-state index in [-0.39, 0.29) is 11.6 Å². The summed E-state index contributed by atoms with van der Waals surface area (Å²) in [6.45, 7) is 5.64. The average Bonchev–Trinajstić information content (AvgIpc) is 3.07. The van der Waals surface area contributed by atoms with Crippen molar-refractivity contribution in [1.29, 1.82) is 0 Å². The molecule has 0 radical (unpaired) electrons. The minimum Gasteiger partial charge on any atom is -0.496 e. The number of rotatable bonds is 8. The third-order valence-electron chi connectivity index (χ3n) is 5.62. The molecule has 1 aromatic rings. The second-order valence-corrected chi connectivity index (χ2v) is 9.42. The highest BCUT2D eigenvalue weighted by Crippen LogP contribution is 2.31. The maximum atomic E-state index is 13.2. The van der Waals surface area contributed by atoms with Gasteiger partial charge in [-0.3, -0.25) is 9.69 Å². The summed E-state index contributed by atoms with van der Waals surface area (Å²) in [4.78, 5) is 15.4. The Bertz CT molecular complexity index is 766. The Morgan fingerprint density at radius 1 is 1.37 bits per heavy atom. The summed E-state index contributed by atoms with van der Waals surface area (Å²) >= 11 is 0. The van der Waals surface area contributed by atoms with Gasteiger partial charge < -0.3 is 9.64 Å². The maximum absolute atomic E-state index is 13.2. The first kappa shape index (κ1) is 21.7. The third kappa shape index (κ3) is 4.44. The predicted molar refractivity (Wildman–Crippen MR) is 106 cm³/mol. The number of carbonyl (C=O) groups excluding carboxylic acids is 1. The molecule has 0 bridgehead atoms. The van der Waals surface area contributed by atoms with E-state index in [0.29, 0.717) is 12.2 Å². The second-order valence-electron chi connectivity index (χ2n) is 7.33. The van der Waals surface area contributed by atoms with Crippen LogP contribution in [-0.4, -0.2) is 69.3 Å². The number of hydrogen-bond donors (Lipinski definition) is 1. The molecule has 7 nitrogen and oxygen atoms in total. The zero-order valence-corrected chi connectivity index (χ0v) is 17.7. The van der Waals surface area contributed by atoms with Gasteiger partial charge in [0.2, 0.25) is 0 Å². The number of ether oxygens (including phenoxy) is 1. The van der Waals surface area contributed by atoms with Crippen LogP contribution in [0.1, 0.15) is 43.5 Å². The molecule has 0 aromatic heterocycles. The van der Waals surface area contributed by atoms with Crippen molar-refractivity contribution in [2.24, 2.45) is 0 Å². The third-order valence-corrected chi connectivity index (χ3v) is 7.77. The Labute approximate surface area is 162 Å². The average molecular weight is 398 g/mol. The molecule has 0 spiro atoms. The minimum atomic E-state index is -3.97. The van der Waals surface area contributed by atoms with Gasteiger partial charge in [-0.05, 0) is 65.5 Å². The standard InChI is InChI=1S/C19H31N3O4S/c1-6-22-13-9-10-15(22)14-19(2,21(3)4)27(24,25)20-18(23)16-11-7-8-12-17(16)26-5/h7-8,11-12,15H,6,9-10,13-14H2,1-5H3,(H,20,23). The molecule has 1 saturated heterocycles. The highest BCUT2D eigenvalue weighted by molar-refractivity contribution is 7.91. The molecule has 1 aromatic carbocycles. The minimum absolute atomic E-state index is 0.181. The highest BCUT2D eigenvalue weighted by Gasteiger charge is 2.46. The van der Waals surface area contributed by atoms with Gasteiger partial charge in [0, 0.05) is 6.04 Å². The van der Waals surface area contributed by atoms with Gasteiger partial charge in [0.1, 0.15) is 10.6 Å². The molecule has 0 saturated carbocycles. The number of para-hydroxylation sites is 1. The van der Waals surface area contributed by atoms with E-state index in [0.717, 1.165) is 25.9 Å². The van der Waals surface area contributed by atoms with Gasteiger partial charge in [0.25, 0.3) is 15.9 Å². The SMILES string of the molecule is CCN1CCCC1CC(C)(N(C)C)S(=O)(=O)NC(=O)c1ccccc1OC. The van der Waals surface area contributed by atoms with Crippen LogP contribution >= 0.6 is 0 Å². The van der Waals surface area contributed by atoms with Gasteiger partial charge in [-0.1, -0.05) is 19.1 Å². The van der Waals surface area contributed by atoms with Gasteiger partial charge in [-0.25, -0.2) is 13.1 Å². The van der Waals surface area contributed by atoms with Crippen molar-refractivity contribution in [3.05, 3.63) is 29.8 Å². The quantitative estimate of drug-likeness (QED) is 0.722. The molecule has 1 aliphatic rings. The number of methoxy groups -OCH3 is 1. The van der Waals surface area contributed by atoms with Gasteiger partial charge in [-0.15, -0.1) is 0 Å². The predicted octanol–water partition coefficient (Wildman–Crippen LogP) is 1.91. The van der Waals surface area contributed by atoms with Crippen molar-refractivity contribution in [3.63, 3.8) is 0 Å². The van der Waals surface area contributed by atoms with Gasteiger partial charge >= 0.3 is 0 Å². The van der Waals surface area contributed by atoms with Gasteiger partial charge in [0.15, 0.2) is 0 Å². The number of likely N-dealkylation sites (tertiary alicyclic amines) is 1. The number of sulfonamides is 1. The molecule has 1 heterocycles. The molecule has 1 aliphatic heterocycles. The zero-order valence-electron chi connectivity index (χ0n) is 16.9. The molecule has 152 valence electrons. The first-order chi connectivity index (χ1) is 12.7. The Morgan fingerprint density at radius 3 is 2.63 bits per heavy atom. The summed E-state index contributed by atoms with van der Waals surface area (Å²) < 4.78 is 33.9. The van der Waals surface area contributed by atoms with Crippen LogP contribution in [0.15, 0.2) is 24.3 Å². The van der Waals surface area contributed by atoms with Crippen molar-refractivity contribution in [1.82, 2.24) is 14.5 Å². The molecule has 2 unspecified atom stereocenters. The van der Waals surface area contributed by atoms with E-state index in [1.165, 1.54) is 7.11 Å². The lowest BCUT2D eigenvalue weighted by atomic mass is 10.0. The molecule has 8 heteroatoms. The number of nitrogens with zero attached hydrogens (tertiary/aromatic N) is 2. The van der Waals surface area contributed by atoms with E-state index >= 15 is 0 Å². The summed E-state index contributed by atoms with van der Waals surface area (Å²) in [6.07, 6.45) is 2.46. The molecular weight excluding hydrogens is 366 g/mol. The molecule has 2 atom stereocenters. The van der Waals surface area contributed by atoms with Gasteiger partial charge in [-0.2, -0.15) is 0 Å².